The van der Waals surface area contributed by atoms with Gasteiger partial charge in [-0.05, 0) is 25.1 Å². The lowest BCUT2D eigenvalue weighted by Gasteiger charge is -2.26. The Morgan fingerprint density at radius 3 is 2.50 bits per heavy atom. The maximum absolute atomic E-state index is 12.5. The van der Waals surface area contributed by atoms with Crippen molar-refractivity contribution in [1.82, 2.24) is 25.1 Å². The lowest BCUT2D eigenvalue weighted by atomic mass is 9.94. The van der Waals surface area contributed by atoms with Crippen molar-refractivity contribution in [3.63, 3.8) is 0 Å². The van der Waals surface area contributed by atoms with Gasteiger partial charge in [0.1, 0.15) is 18.4 Å². The Kier molecular flexibility index (Phi) is 10.5. The molecule has 0 aliphatic carbocycles. The summed E-state index contributed by atoms with van der Waals surface area (Å²) in [5, 5.41) is 6.22. The zero-order valence-electron chi connectivity index (χ0n) is 20.7. The van der Waals surface area contributed by atoms with E-state index in [1.165, 1.54) is 36.1 Å². The molecule has 15 nitrogen and oxygen atoms in total. The number of phosphoric acid groups is 1. The van der Waals surface area contributed by atoms with Gasteiger partial charge in [-0.25, -0.2) is 9.36 Å². The molecule has 1 aromatic heterocycles. The minimum atomic E-state index is -4.43. The highest BCUT2D eigenvalue weighted by atomic mass is 32.1. The van der Waals surface area contributed by atoms with Crippen molar-refractivity contribution >= 4 is 37.0 Å². The van der Waals surface area contributed by atoms with Gasteiger partial charge in [0.25, 0.3) is 17.4 Å². The molecule has 38 heavy (non-hydrogen) atoms. The van der Waals surface area contributed by atoms with E-state index < -0.39 is 43.4 Å². The van der Waals surface area contributed by atoms with Gasteiger partial charge in [0.2, 0.25) is 0 Å². The molecule has 0 radical (unpaired) electrons. The number of phosphoric ester groups is 1. The van der Waals surface area contributed by atoms with E-state index in [0.717, 1.165) is 12.0 Å². The van der Waals surface area contributed by atoms with Crippen LogP contribution in [0.4, 0.5) is 0 Å². The summed E-state index contributed by atoms with van der Waals surface area (Å²) in [6, 6.07) is 1.17. The number of aromatic amines is 1. The summed E-state index contributed by atoms with van der Waals surface area (Å²) in [6.45, 7) is 0.795. The van der Waals surface area contributed by atoms with E-state index >= 15 is 0 Å². The van der Waals surface area contributed by atoms with Crippen LogP contribution < -0.4 is 21.9 Å². The maximum atomic E-state index is 12.5. The summed E-state index contributed by atoms with van der Waals surface area (Å²) in [5.74, 6) is -1.37. The third kappa shape index (κ3) is 7.66. The van der Waals surface area contributed by atoms with Gasteiger partial charge in [0.15, 0.2) is 5.11 Å². The third-order valence-electron chi connectivity index (χ3n) is 5.93. The van der Waals surface area contributed by atoms with Crippen molar-refractivity contribution in [2.45, 2.75) is 31.3 Å². The van der Waals surface area contributed by atoms with Crippen LogP contribution in [0.1, 0.15) is 19.1 Å². The zero-order chi connectivity index (χ0) is 27.9. The maximum Gasteiger partial charge on any atom is 0.472 e. The summed E-state index contributed by atoms with van der Waals surface area (Å²) < 4.78 is 34.6. The monoisotopic (exact) mass is 575 g/mol. The summed E-state index contributed by atoms with van der Waals surface area (Å²) in [6.07, 6.45) is 1.78. The van der Waals surface area contributed by atoms with Crippen LogP contribution in [-0.2, 0) is 32.7 Å². The largest absolute Gasteiger partial charge is 0.472 e. The predicted octanol–water partition coefficient (Wildman–Crippen LogP) is -1.00. The SMILES string of the molecule is COC[C@H]1O[C@@H](n2ccc(=O)[nH]c2=O)[C@@H](CCCNC(=S)NCCN2C(=O)C=CC2=O)C1OP(=O)(O)OC. The Bertz CT molecular complexity index is 1200. The fourth-order valence-electron chi connectivity index (χ4n) is 4.18. The number of amides is 2. The Hall–Kier alpha value is -2.72. The quantitative estimate of drug-likeness (QED) is 0.0970. The van der Waals surface area contributed by atoms with Gasteiger partial charge < -0.3 is 25.0 Å². The highest BCUT2D eigenvalue weighted by molar-refractivity contribution is 7.80. The molecule has 2 aliphatic heterocycles. The molecule has 2 amide bonds. The first-order valence-electron chi connectivity index (χ1n) is 11.6. The summed E-state index contributed by atoms with van der Waals surface area (Å²) in [4.78, 5) is 60.5. The second-order valence-electron chi connectivity index (χ2n) is 8.41. The number of methoxy groups -OCH3 is 1. The van der Waals surface area contributed by atoms with Gasteiger partial charge in [-0.3, -0.25) is 37.9 Å². The molecule has 0 spiro atoms. The van der Waals surface area contributed by atoms with Gasteiger partial charge in [-0.2, -0.15) is 0 Å². The molecule has 1 fully saturated rings. The van der Waals surface area contributed by atoms with Crippen molar-refractivity contribution in [1.29, 1.82) is 0 Å². The number of hydrogen-bond acceptors (Lipinski definition) is 10. The average Bonchev–Trinajstić information content (AvgIpc) is 3.35. The fourth-order valence-corrected chi connectivity index (χ4v) is 5.07. The number of nitrogens with one attached hydrogen (secondary N) is 3. The number of ether oxygens (including phenoxy) is 2. The van der Waals surface area contributed by atoms with E-state index in [-0.39, 0.29) is 31.5 Å². The average molecular weight is 576 g/mol. The van der Waals surface area contributed by atoms with Crippen LogP contribution in [0, 0.1) is 5.92 Å². The van der Waals surface area contributed by atoms with Crippen molar-refractivity contribution in [2.75, 3.05) is 40.5 Å². The molecule has 210 valence electrons. The molecule has 0 aromatic carbocycles. The van der Waals surface area contributed by atoms with Gasteiger partial charge in [-0.15, -0.1) is 0 Å². The molecule has 0 bridgehead atoms. The number of rotatable bonds is 13. The second-order valence-corrected chi connectivity index (χ2v) is 10.3. The first kappa shape index (κ1) is 29.8. The number of aromatic nitrogens is 2. The molecular formula is C21H30N5O10PS. The number of carbonyl (C=O) groups is 2. The molecule has 2 unspecified atom stereocenters. The molecule has 4 N–H and O–H groups in total. The summed E-state index contributed by atoms with van der Waals surface area (Å²) in [5.41, 5.74) is -1.29. The molecule has 1 saturated heterocycles. The zero-order valence-corrected chi connectivity index (χ0v) is 22.4. The van der Waals surface area contributed by atoms with Crippen LogP contribution in [0.2, 0.25) is 0 Å². The van der Waals surface area contributed by atoms with Crippen molar-refractivity contribution in [3.8, 4) is 0 Å². The Balaban J connectivity index is 1.63. The number of H-pyrrole nitrogens is 1. The predicted molar refractivity (Wildman–Crippen MR) is 136 cm³/mol. The minimum Gasteiger partial charge on any atom is -0.382 e. The van der Waals surface area contributed by atoms with Gasteiger partial charge in [-0.1, -0.05) is 0 Å². The molecular weight excluding hydrogens is 545 g/mol. The first-order chi connectivity index (χ1) is 18.1. The van der Waals surface area contributed by atoms with Gasteiger partial charge in [0, 0.05) is 64.2 Å². The van der Waals surface area contributed by atoms with Crippen LogP contribution in [0.5, 0.6) is 0 Å². The standard InChI is InChI=1S/C21H30N5O10PS/c1-33-12-14-18(36-37(31,32)34-2)13(19(35-14)26-10-7-15(27)24-21(26)30)4-3-8-22-20(38)23-9-11-25-16(28)5-6-17(25)29/h5-7,10,13-14,18-19H,3-4,8-9,11-12H2,1-2H3,(H,31,32)(H2,22,23,38)(H,24,27,30)/t13-,14+,18?,19+/m0/s1. The van der Waals surface area contributed by atoms with Crippen molar-refractivity contribution < 1.29 is 37.6 Å². The third-order valence-corrected chi connectivity index (χ3v) is 7.19. The summed E-state index contributed by atoms with van der Waals surface area (Å²) in [7, 11) is -1.97. The van der Waals surface area contributed by atoms with Gasteiger partial charge >= 0.3 is 13.5 Å². The molecule has 3 rings (SSSR count). The van der Waals surface area contributed by atoms with Crippen molar-refractivity contribution in [3.05, 3.63) is 45.3 Å². The molecule has 17 heteroatoms. The molecule has 2 aliphatic rings. The number of thiocarbonyl (C=S) groups is 1. The first-order valence-corrected chi connectivity index (χ1v) is 13.5. The summed E-state index contributed by atoms with van der Waals surface area (Å²) >= 11 is 5.24. The highest BCUT2D eigenvalue weighted by Gasteiger charge is 2.49. The Morgan fingerprint density at radius 1 is 1.18 bits per heavy atom. The number of imide groups is 1. The van der Waals surface area contributed by atoms with E-state index in [1.807, 2.05) is 0 Å². The van der Waals surface area contributed by atoms with Crippen LogP contribution in [-0.4, -0.2) is 88.9 Å². The van der Waals surface area contributed by atoms with E-state index in [2.05, 4.69) is 20.1 Å². The topological polar surface area (TPSA) is 191 Å². The molecule has 1 aromatic rings. The van der Waals surface area contributed by atoms with Crippen LogP contribution in [0.15, 0.2) is 34.0 Å². The minimum absolute atomic E-state index is 0.00326. The molecule has 5 atom stereocenters. The molecule has 3 heterocycles. The van der Waals surface area contributed by atoms with Crippen molar-refractivity contribution in [2.24, 2.45) is 5.92 Å². The Morgan fingerprint density at radius 2 is 1.87 bits per heavy atom. The van der Waals surface area contributed by atoms with E-state index in [9.17, 15) is 28.6 Å². The lowest BCUT2D eigenvalue weighted by molar-refractivity contribution is -0.136. The van der Waals surface area contributed by atoms with E-state index in [1.54, 1.807) is 0 Å². The highest BCUT2D eigenvalue weighted by Crippen LogP contribution is 2.50. The Labute approximate surface area is 222 Å². The number of hydrogen-bond donors (Lipinski definition) is 4. The molecule has 0 saturated carbocycles. The van der Waals surface area contributed by atoms with Gasteiger partial charge in [0.05, 0.1) is 6.61 Å². The second kappa shape index (κ2) is 13.4. The normalized spacial score (nSPS) is 24.6. The number of nitrogens with zero attached hydrogens (tertiary/aromatic N) is 2. The van der Waals surface area contributed by atoms with Crippen LogP contribution in [0.3, 0.4) is 0 Å². The fraction of sp³-hybridized carbons (Fsp3) is 0.571. The smallest absolute Gasteiger partial charge is 0.382 e. The van der Waals surface area contributed by atoms with E-state index in [0.29, 0.717) is 24.5 Å². The van der Waals surface area contributed by atoms with Crippen LogP contribution in [0.25, 0.3) is 0 Å². The van der Waals surface area contributed by atoms with E-state index in [4.69, 9.17) is 26.2 Å². The number of carbonyl (C=O) groups excluding carboxylic acids is 2. The lowest BCUT2D eigenvalue weighted by Crippen LogP contribution is -2.42. The van der Waals surface area contributed by atoms with Crippen LogP contribution >= 0.6 is 20.0 Å².